The maximum atomic E-state index is 6.47. The summed E-state index contributed by atoms with van der Waals surface area (Å²) in [4.78, 5) is 14.3. The van der Waals surface area contributed by atoms with Crippen LogP contribution in [0.2, 0.25) is 0 Å². The largest absolute Gasteiger partial charge is 0.350 e. The average Bonchev–Trinajstić information content (AvgIpc) is 3.02. The predicted octanol–water partition coefficient (Wildman–Crippen LogP) is 3.98. The zero-order chi connectivity index (χ0) is 17.8. The lowest BCUT2D eigenvalue weighted by atomic mass is 9.93. The van der Waals surface area contributed by atoms with Gasteiger partial charge in [-0.15, -0.1) is 11.3 Å². The van der Waals surface area contributed by atoms with Gasteiger partial charge in [0.15, 0.2) is 0 Å². The summed E-state index contributed by atoms with van der Waals surface area (Å²) in [5, 5.41) is 5.26. The van der Waals surface area contributed by atoms with E-state index in [0.29, 0.717) is 0 Å². The number of hydrogen-bond acceptors (Lipinski definition) is 5. The summed E-state index contributed by atoms with van der Waals surface area (Å²) in [6.07, 6.45) is 2.06. The third kappa shape index (κ3) is 2.75. The molecule has 1 aliphatic carbocycles. The number of fused-ring (bicyclic) bond motifs is 4. The summed E-state index contributed by atoms with van der Waals surface area (Å²) in [5.41, 5.74) is 2.80. The number of benzene rings is 1. The highest BCUT2D eigenvalue weighted by molar-refractivity contribution is 7.12. The monoisotopic (exact) mass is 355 g/mol. The van der Waals surface area contributed by atoms with Crippen molar-refractivity contribution in [2.75, 3.05) is 7.05 Å². The molecule has 5 heteroatoms. The second-order valence-electron chi connectivity index (χ2n) is 7.89. The van der Waals surface area contributed by atoms with Crippen molar-refractivity contribution in [1.82, 2.24) is 10.4 Å². The fourth-order valence-corrected chi connectivity index (χ4v) is 4.72. The van der Waals surface area contributed by atoms with Crippen LogP contribution in [0.15, 0.2) is 35.3 Å². The number of guanidine groups is 1. The molecule has 2 aromatic rings. The van der Waals surface area contributed by atoms with Crippen molar-refractivity contribution < 1.29 is 4.84 Å². The minimum absolute atomic E-state index is 0.0837. The lowest BCUT2D eigenvalue weighted by molar-refractivity contribution is -0.153. The SMILES string of the molecule is Cc1cc2c(s1)CCc1ccccc1C21N=C(NC(C)(C)C)N(C)O1. The summed E-state index contributed by atoms with van der Waals surface area (Å²) in [6.45, 7) is 8.57. The van der Waals surface area contributed by atoms with E-state index in [1.165, 1.54) is 20.9 Å². The van der Waals surface area contributed by atoms with Crippen molar-refractivity contribution in [3.63, 3.8) is 0 Å². The van der Waals surface area contributed by atoms with Crippen molar-refractivity contribution in [3.05, 3.63) is 56.8 Å². The van der Waals surface area contributed by atoms with Gasteiger partial charge in [0.1, 0.15) is 0 Å². The molecule has 1 unspecified atom stereocenters. The Morgan fingerprint density at radius 1 is 1.20 bits per heavy atom. The molecule has 25 heavy (non-hydrogen) atoms. The van der Waals surface area contributed by atoms with Crippen LogP contribution in [0.3, 0.4) is 0 Å². The summed E-state index contributed by atoms with van der Waals surface area (Å²) < 4.78 is 0. The molecule has 4 rings (SSSR count). The highest BCUT2D eigenvalue weighted by atomic mass is 32.1. The zero-order valence-corrected chi connectivity index (χ0v) is 16.3. The zero-order valence-electron chi connectivity index (χ0n) is 15.5. The van der Waals surface area contributed by atoms with E-state index in [1.54, 1.807) is 5.06 Å². The van der Waals surface area contributed by atoms with E-state index >= 15 is 0 Å². The van der Waals surface area contributed by atoms with E-state index < -0.39 is 5.72 Å². The number of aliphatic imine (C=N–C) groups is 1. The summed E-state index contributed by atoms with van der Waals surface area (Å²) >= 11 is 1.86. The van der Waals surface area contributed by atoms with Gasteiger partial charge >= 0.3 is 0 Å². The molecule has 1 aliphatic heterocycles. The molecule has 1 aromatic heterocycles. The van der Waals surface area contributed by atoms with Gasteiger partial charge in [0.05, 0.1) is 0 Å². The Hall–Kier alpha value is -1.85. The van der Waals surface area contributed by atoms with Crippen LogP contribution in [0.25, 0.3) is 0 Å². The molecule has 1 atom stereocenters. The molecule has 4 nitrogen and oxygen atoms in total. The van der Waals surface area contributed by atoms with Gasteiger partial charge in [-0.2, -0.15) is 0 Å². The molecule has 0 saturated carbocycles. The van der Waals surface area contributed by atoms with E-state index in [4.69, 9.17) is 9.83 Å². The first kappa shape index (κ1) is 16.6. The number of nitrogens with zero attached hydrogens (tertiary/aromatic N) is 2. The Morgan fingerprint density at radius 2 is 1.96 bits per heavy atom. The molecule has 1 N–H and O–H groups in total. The second-order valence-corrected chi connectivity index (χ2v) is 9.24. The topological polar surface area (TPSA) is 36.9 Å². The lowest BCUT2D eigenvalue weighted by Crippen LogP contribution is -2.46. The maximum absolute atomic E-state index is 6.47. The Bertz CT molecular complexity index is 849. The van der Waals surface area contributed by atoms with Gasteiger partial charge in [-0.1, -0.05) is 24.3 Å². The molecule has 2 heterocycles. The highest BCUT2D eigenvalue weighted by Gasteiger charge is 2.48. The summed E-state index contributed by atoms with van der Waals surface area (Å²) in [6, 6.07) is 10.8. The number of nitrogens with one attached hydrogen (secondary N) is 1. The fraction of sp³-hybridized carbons (Fsp3) is 0.450. The summed E-state index contributed by atoms with van der Waals surface area (Å²) in [7, 11) is 1.93. The smallest absolute Gasteiger partial charge is 0.241 e. The number of hydroxylamine groups is 2. The number of thiophene rings is 1. The van der Waals surface area contributed by atoms with Gasteiger partial charge in [0.25, 0.3) is 0 Å². The summed E-state index contributed by atoms with van der Waals surface area (Å²) in [5.74, 6) is 0.777. The van der Waals surface area contributed by atoms with Crippen molar-refractivity contribution in [1.29, 1.82) is 0 Å². The Kier molecular flexibility index (Phi) is 3.71. The molecule has 0 radical (unpaired) electrons. The van der Waals surface area contributed by atoms with Crippen molar-refractivity contribution in [2.45, 2.75) is 51.8 Å². The minimum atomic E-state index is -0.782. The van der Waals surface area contributed by atoms with Crippen LogP contribution >= 0.6 is 11.3 Å². The van der Waals surface area contributed by atoms with Crippen LogP contribution in [0, 0.1) is 6.92 Å². The fourth-order valence-electron chi connectivity index (χ4n) is 3.64. The second kappa shape index (κ2) is 5.58. The predicted molar refractivity (Wildman–Crippen MR) is 103 cm³/mol. The number of aryl methyl sites for hydroxylation is 3. The quantitative estimate of drug-likeness (QED) is 0.777. The molecule has 0 bridgehead atoms. The molecular weight excluding hydrogens is 330 g/mol. The minimum Gasteiger partial charge on any atom is -0.350 e. The van der Waals surface area contributed by atoms with Crippen LogP contribution < -0.4 is 5.32 Å². The van der Waals surface area contributed by atoms with Crippen molar-refractivity contribution in [2.24, 2.45) is 4.99 Å². The van der Waals surface area contributed by atoms with E-state index in [1.807, 2.05) is 18.4 Å². The first-order valence-electron chi connectivity index (χ1n) is 8.77. The molecule has 0 amide bonds. The maximum Gasteiger partial charge on any atom is 0.241 e. The van der Waals surface area contributed by atoms with Gasteiger partial charge in [-0.25, -0.2) is 14.9 Å². The highest BCUT2D eigenvalue weighted by Crippen LogP contribution is 2.47. The molecule has 2 aliphatic rings. The van der Waals surface area contributed by atoms with Crippen LogP contribution in [0.4, 0.5) is 0 Å². The normalized spacial score (nSPS) is 22.4. The van der Waals surface area contributed by atoms with E-state index in [-0.39, 0.29) is 5.54 Å². The Balaban J connectivity index is 1.94. The van der Waals surface area contributed by atoms with Crippen LogP contribution in [-0.4, -0.2) is 23.6 Å². The lowest BCUT2D eigenvalue weighted by Gasteiger charge is -2.28. The van der Waals surface area contributed by atoms with Gasteiger partial charge in [-0.05, 0) is 52.2 Å². The van der Waals surface area contributed by atoms with Crippen LogP contribution in [-0.2, 0) is 23.4 Å². The molecule has 0 saturated heterocycles. The van der Waals surface area contributed by atoms with Gasteiger partial charge in [0, 0.05) is 33.5 Å². The average molecular weight is 356 g/mol. The van der Waals surface area contributed by atoms with Gasteiger partial charge < -0.3 is 5.32 Å². The molecular formula is C20H25N3OS. The van der Waals surface area contributed by atoms with E-state index in [2.05, 4.69) is 63.3 Å². The standard InChI is InChI=1S/C20H25N3OS/c1-13-12-16-17(25-13)11-10-14-8-6-7-9-15(14)20(16)22-18(23(5)24-20)21-19(2,3)4/h6-9,12H,10-11H2,1-5H3,(H,21,22). The third-order valence-electron chi connectivity index (χ3n) is 4.62. The first-order chi connectivity index (χ1) is 11.8. The molecule has 132 valence electrons. The van der Waals surface area contributed by atoms with Gasteiger partial charge in [0.2, 0.25) is 11.7 Å². The van der Waals surface area contributed by atoms with E-state index in [0.717, 1.165) is 24.4 Å². The Labute approximate surface area is 153 Å². The number of hydrogen-bond donors (Lipinski definition) is 1. The van der Waals surface area contributed by atoms with Crippen molar-refractivity contribution in [3.8, 4) is 0 Å². The third-order valence-corrected chi connectivity index (χ3v) is 5.73. The Morgan fingerprint density at radius 3 is 2.72 bits per heavy atom. The van der Waals surface area contributed by atoms with Crippen LogP contribution in [0.1, 0.15) is 47.2 Å². The van der Waals surface area contributed by atoms with E-state index in [9.17, 15) is 0 Å². The molecule has 1 spiro atoms. The molecule has 1 aromatic carbocycles. The first-order valence-corrected chi connectivity index (χ1v) is 9.59. The van der Waals surface area contributed by atoms with Gasteiger partial charge in [-0.3, -0.25) is 0 Å². The van der Waals surface area contributed by atoms with Crippen LogP contribution in [0.5, 0.6) is 0 Å². The number of rotatable bonds is 0. The molecule has 0 fully saturated rings. The van der Waals surface area contributed by atoms with Crippen molar-refractivity contribution >= 4 is 17.3 Å².